The Morgan fingerprint density at radius 1 is 1.34 bits per heavy atom. The van der Waals surface area contributed by atoms with Crippen LogP contribution in [0.3, 0.4) is 0 Å². The maximum absolute atomic E-state index is 13.8. The fourth-order valence-electron chi connectivity index (χ4n) is 3.71. The molecule has 0 unspecified atom stereocenters. The van der Waals surface area contributed by atoms with Crippen LogP contribution in [-0.4, -0.2) is 43.6 Å². The number of nitrogens with zero attached hydrogens (tertiary/aromatic N) is 4. The number of carbonyl (C=O) groups excluding carboxylic acids is 1. The van der Waals surface area contributed by atoms with E-state index in [-0.39, 0.29) is 17.9 Å². The number of aromatic amines is 1. The van der Waals surface area contributed by atoms with Crippen molar-refractivity contribution < 1.29 is 18.3 Å². The van der Waals surface area contributed by atoms with E-state index >= 15 is 0 Å². The minimum Gasteiger partial charge on any atom is -0.451 e. The van der Waals surface area contributed by atoms with Gasteiger partial charge in [0, 0.05) is 19.0 Å². The van der Waals surface area contributed by atoms with Crippen LogP contribution in [0.4, 0.5) is 10.1 Å². The molecular weight excluding hydrogens is 415 g/mol. The fourth-order valence-corrected chi connectivity index (χ4v) is 3.71. The summed E-state index contributed by atoms with van der Waals surface area (Å²) in [4.78, 5) is 16.8. The molecule has 0 atom stereocenters. The van der Waals surface area contributed by atoms with Crippen LogP contribution in [0.1, 0.15) is 36.4 Å². The van der Waals surface area contributed by atoms with Crippen molar-refractivity contribution in [1.82, 2.24) is 25.0 Å². The second-order valence-corrected chi connectivity index (χ2v) is 7.52. The molecule has 1 amide bonds. The number of hydrogen-bond acceptors (Lipinski definition) is 6. The predicted molar refractivity (Wildman–Crippen MR) is 113 cm³/mol. The molecule has 0 bridgehead atoms. The van der Waals surface area contributed by atoms with E-state index < -0.39 is 11.9 Å². The first kappa shape index (κ1) is 20.1. The summed E-state index contributed by atoms with van der Waals surface area (Å²) in [7, 11) is 0. The van der Waals surface area contributed by atoms with Gasteiger partial charge in [0.1, 0.15) is 11.5 Å². The van der Waals surface area contributed by atoms with E-state index in [1.807, 2.05) is 6.92 Å². The van der Waals surface area contributed by atoms with Crippen LogP contribution >= 0.6 is 0 Å². The highest BCUT2D eigenvalue weighted by atomic mass is 19.1. The van der Waals surface area contributed by atoms with E-state index in [0.29, 0.717) is 29.4 Å². The number of furan rings is 1. The van der Waals surface area contributed by atoms with Gasteiger partial charge in [-0.3, -0.25) is 14.6 Å². The number of anilines is 1. The van der Waals surface area contributed by atoms with E-state index in [1.165, 1.54) is 6.07 Å². The van der Waals surface area contributed by atoms with Crippen LogP contribution in [0.5, 0.6) is 0 Å². The summed E-state index contributed by atoms with van der Waals surface area (Å²) in [6, 6.07) is 7.89. The third-order valence-corrected chi connectivity index (χ3v) is 5.40. The second-order valence-electron chi connectivity index (χ2n) is 7.52. The van der Waals surface area contributed by atoms with Gasteiger partial charge in [-0.25, -0.2) is 4.98 Å². The Morgan fingerprint density at radius 2 is 2.22 bits per heavy atom. The third-order valence-electron chi connectivity index (χ3n) is 5.40. The summed E-state index contributed by atoms with van der Waals surface area (Å²) in [5.41, 5.74) is 1.88. The molecule has 0 saturated heterocycles. The number of ether oxygens (including phenoxy) is 1. The molecule has 0 aliphatic heterocycles. The van der Waals surface area contributed by atoms with Gasteiger partial charge in [0.25, 0.3) is 5.91 Å². The minimum atomic E-state index is -0.620. The number of carbonyl (C=O) groups is 1. The quantitative estimate of drug-likeness (QED) is 0.423. The van der Waals surface area contributed by atoms with Crippen LogP contribution in [-0.2, 0) is 4.74 Å². The van der Waals surface area contributed by atoms with Crippen LogP contribution < -0.4 is 5.32 Å². The average molecular weight is 436 g/mol. The van der Waals surface area contributed by atoms with Gasteiger partial charge in [-0.15, -0.1) is 0 Å². The molecule has 9 nitrogen and oxygen atoms in total. The summed E-state index contributed by atoms with van der Waals surface area (Å²) >= 11 is 0. The van der Waals surface area contributed by atoms with Crippen molar-refractivity contribution in [2.45, 2.75) is 31.9 Å². The van der Waals surface area contributed by atoms with Crippen LogP contribution in [0.2, 0.25) is 0 Å². The van der Waals surface area contributed by atoms with Crippen molar-refractivity contribution in [3.8, 4) is 22.7 Å². The normalized spacial score (nSPS) is 17.8. The van der Waals surface area contributed by atoms with E-state index in [4.69, 9.17) is 9.15 Å². The van der Waals surface area contributed by atoms with Gasteiger partial charge >= 0.3 is 0 Å². The van der Waals surface area contributed by atoms with Gasteiger partial charge < -0.3 is 14.5 Å². The fraction of sp³-hybridized carbons (Fsp3) is 0.273. The topological polar surface area (TPSA) is 111 Å². The van der Waals surface area contributed by atoms with E-state index in [9.17, 15) is 9.18 Å². The van der Waals surface area contributed by atoms with Crippen molar-refractivity contribution in [2.24, 2.45) is 0 Å². The number of amides is 1. The summed E-state index contributed by atoms with van der Waals surface area (Å²) in [5, 5.41) is 14.0. The van der Waals surface area contributed by atoms with Gasteiger partial charge in [-0.2, -0.15) is 14.6 Å². The van der Waals surface area contributed by atoms with E-state index in [0.717, 1.165) is 18.4 Å². The zero-order valence-electron chi connectivity index (χ0n) is 17.3. The Balaban J connectivity index is 1.41. The smallest absolute Gasteiger partial charge is 0.291 e. The number of rotatable bonds is 7. The van der Waals surface area contributed by atoms with Gasteiger partial charge in [-0.1, -0.05) is 6.07 Å². The molecule has 0 aromatic carbocycles. The molecule has 4 heterocycles. The Morgan fingerprint density at radius 3 is 2.97 bits per heavy atom. The maximum atomic E-state index is 13.8. The number of aromatic nitrogens is 5. The molecule has 0 radical (unpaired) electrons. The molecular formula is C22H21FN6O3. The average Bonchev–Trinajstić information content (AvgIpc) is 3.50. The van der Waals surface area contributed by atoms with Crippen molar-refractivity contribution in [1.29, 1.82) is 0 Å². The van der Waals surface area contributed by atoms with Gasteiger partial charge in [0.15, 0.2) is 5.76 Å². The summed E-state index contributed by atoms with van der Waals surface area (Å²) in [6.07, 6.45) is 6.87. The first-order chi connectivity index (χ1) is 15.6. The van der Waals surface area contributed by atoms with Crippen LogP contribution in [0, 0.1) is 5.95 Å². The Hall–Kier alpha value is -3.79. The lowest BCUT2D eigenvalue weighted by molar-refractivity contribution is -0.0226. The summed E-state index contributed by atoms with van der Waals surface area (Å²) in [5.74, 6) is -0.418. The summed E-state index contributed by atoms with van der Waals surface area (Å²) in [6.45, 7) is 2.63. The largest absolute Gasteiger partial charge is 0.451 e. The lowest BCUT2D eigenvalue weighted by Crippen LogP contribution is -2.33. The molecule has 4 aromatic heterocycles. The Labute approximate surface area is 182 Å². The standard InChI is InChI=1S/C22H21FN6O3/c1-2-31-15-8-14(9-15)29-12-17(21(28-29)16-4-3-5-20(23)26-16)27-22(30)19-7-6-18(32-19)13-10-24-25-11-13/h3-7,10-12,14-15H,2,8-9H2,1H3,(H,24,25)(H,27,30). The number of hydrogen-bond donors (Lipinski definition) is 2. The molecule has 4 aromatic rings. The molecule has 1 fully saturated rings. The van der Waals surface area contributed by atoms with Gasteiger partial charge in [0.2, 0.25) is 5.95 Å². The zero-order chi connectivity index (χ0) is 22.1. The van der Waals surface area contributed by atoms with Gasteiger partial charge in [-0.05, 0) is 44.0 Å². The molecule has 2 N–H and O–H groups in total. The van der Waals surface area contributed by atoms with Crippen molar-refractivity contribution in [3.63, 3.8) is 0 Å². The Kier molecular flexibility index (Phi) is 5.28. The molecule has 0 spiro atoms. The SMILES string of the molecule is CCOC1CC(n2cc(NC(=O)c3ccc(-c4cn[nH]c4)o3)c(-c3cccc(F)n3)n2)C1. The monoisotopic (exact) mass is 436 g/mol. The van der Waals surface area contributed by atoms with E-state index in [1.54, 1.807) is 47.5 Å². The lowest BCUT2D eigenvalue weighted by atomic mass is 9.89. The van der Waals surface area contributed by atoms with Crippen LogP contribution in [0.15, 0.2) is 53.3 Å². The number of halogens is 1. The second kappa shape index (κ2) is 8.39. The van der Waals surface area contributed by atoms with Crippen molar-refractivity contribution in [3.05, 3.63) is 60.6 Å². The third kappa shape index (κ3) is 3.92. The van der Waals surface area contributed by atoms with E-state index in [2.05, 4.69) is 25.6 Å². The highest BCUT2D eigenvalue weighted by Gasteiger charge is 2.32. The molecule has 5 rings (SSSR count). The zero-order valence-corrected chi connectivity index (χ0v) is 17.3. The molecule has 32 heavy (non-hydrogen) atoms. The summed E-state index contributed by atoms with van der Waals surface area (Å²) < 4.78 is 26.8. The maximum Gasteiger partial charge on any atom is 0.291 e. The highest BCUT2D eigenvalue weighted by molar-refractivity contribution is 6.04. The Bertz CT molecular complexity index is 1230. The molecule has 1 aliphatic carbocycles. The lowest BCUT2D eigenvalue weighted by Gasteiger charge is -2.34. The number of H-pyrrole nitrogens is 1. The van der Waals surface area contributed by atoms with Crippen molar-refractivity contribution >= 4 is 11.6 Å². The number of nitrogens with one attached hydrogen (secondary N) is 2. The van der Waals surface area contributed by atoms with Crippen LogP contribution in [0.25, 0.3) is 22.7 Å². The molecule has 1 aliphatic rings. The molecule has 10 heteroatoms. The molecule has 1 saturated carbocycles. The molecule has 164 valence electrons. The minimum absolute atomic E-state index is 0.132. The first-order valence-corrected chi connectivity index (χ1v) is 10.3. The van der Waals surface area contributed by atoms with Gasteiger partial charge in [0.05, 0.1) is 35.3 Å². The number of pyridine rings is 1. The highest BCUT2D eigenvalue weighted by Crippen LogP contribution is 2.37. The first-order valence-electron chi connectivity index (χ1n) is 10.3. The van der Waals surface area contributed by atoms with Crippen molar-refractivity contribution in [2.75, 3.05) is 11.9 Å². The predicted octanol–water partition coefficient (Wildman–Crippen LogP) is 4.06.